The van der Waals surface area contributed by atoms with Crippen LogP contribution in [0.5, 0.6) is 0 Å². The number of allylic oxidation sites excluding steroid dienone is 1. The zero-order valence-corrected chi connectivity index (χ0v) is 6.52. The minimum atomic E-state index is -4.20. The minimum absolute atomic E-state index is 0.0706. The van der Waals surface area contributed by atoms with E-state index in [9.17, 15) is 13.2 Å². The van der Waals surface area contributed by atoms with Gasteiger partial charge in [0.1, 0.15) is 5.82 Å². The van der Waals surface area contributed by atoms with E-state index in [1.165, 1.54) is 0 Å². The summed E-state index contributed by atoms with van der Waals surface area (Å²) in [6, 6.07) is 0. The Morgan fingerprint density at radius 2 is 2.17 bits per heavy atom. The molecule has 2 nitrogen and oxygen atoms in total. The molecule has 0 saturated heterocycles. The van der Waals surface area contributed by atoms with E-state index in [2.05, 4.69) is 4.99 Å². The van der Waals surface area contributed by atoms with Gasteiger partial charge in [-0.2, -0.15) is 13.2 Å². The summed E-state index contributed by atoms with van der Waals surface area (Å²) in [5, 5.41) is 0. The molecule has 1 aliphatic heterocycles. The highest BCUT2D eigenvalue weighted by Gasteiger charge is 2.39. The molecule has 68 valence electrons. The van der Waals surface area contributed by atoms with E-state index in [0.29, 0.717) is 5.57 Å². The molecular weight excluding hydrogens is 169 g/mol. The van der Waals surface area contributed by atoms with Crippen molar-refractivity contribution < 1.29 is 13.2 Å². The van der Waals surface area contributed by atoms with Crippen LogP contribution in [-0.4, -0.2) is 12.4 Å². The van der Waals surface area contributed by atoms with Crippen LogP contribution in [0.15, 0.2) is 16.4 Å². The largest absolute Gasteiger partial charge is 0.396 e. The van der Waals surface area contributed by atoms with Gasteiger partial charge in [0.05, 0.1) is 5.92 Å². The first kappa shape index (κ1) is 9.09. The summed E-state index contributed by atoms with van der Waals surface area (Å²) in [5.74, 6) is -1.26. The Kier molecular flexibility index (Phi) is 2.12. The lowest BCUT2D eigenvalue weighted by atomic mass is 9.99. The van der Waals surface area contributed by atoms with Gasteiger partial charge in [0.2, 0.25) is 0 Å². The Labute approximate surface area is 68.0 Å². The average molecular weight is 178 g/mol. The van der Waals surface area contributed by atoms with Gasteiger partial charge in [0, 0.05) is 6.21 Å². The van der Waals surface area contributed by atoms with E-state index < -0.39 is 12.1 Å². The monoisotopic (exact) mass is 178 g/mol. The maximum absolute atomic E-state index is 12.1. The molecule has 0 bridgehead atoms. The Morgan fingerprint density at radius 1 is 1.58 bits per heavy atom. The van der Waals surface area contributed by atoms with E-state index in [1.807, 2.05) is 0 Å². The predicted octanol–water partition coefficient (Wildman–Crippen LogP) is 1.83. The molecule has 0 aromatic carbocycles. The lowest BCUT2D eigenvalue weighted by Gasteiger charge is -2.19. The zero-order valence-electron chi connectivity index (χ0n) is 6.52. The van der Waals surface area contributed by atoms with Crippen LogP contribution in [0.25, 0.3) is 0 Å². The van der Waals surface area contributed by atoms with Gasteiger partial charge in [-0.05, 0) is 18.9 Å². The van der Waals surface area contributed by atoms with Crippen LogP contribution in [-0.2, 0) is 0 Å². The smallest absolute Gasteiger partial charge is 0.384 e. The van der Waals surface area contributed by atoms with Crippen LogP contribution in [0, 0.1) is 5.92 Å². The molecule has 0 amide bonds. The van der Waals surface area contributed by atoms with Gasteiger partial charge in [-0.3, -0.25) is 0 Å². The quantitative estimate of drug-likeness (QED) is 0.603. The second-order valence-electron chi connectivity index (χ2n) is 2.80. The standard InChI is InChI=1S/C7H9F3N2/c1-4-2-5(7(8,9)10)3-12-6(4)11/h3,5H,2,11H2,1H3. The third-order valence-electron chi connectivity index (χ3n) is 1.78. The van der Waals surface area contributed by atoms with Crippen LogP contribution in [0.3, 0.4) is 0 Å². The summed E-state index contributed by atoms with van der Waals surface area (Å²) in [6.07, 6.45) is -3.41. The molecule has 0 aromatic heterocycles. The molecule has 1 heterocycles. The van der Waals surface area contributed by atoms with E-state index in [-0.39, 0.29) is 12.2 Å². The van der Waals surface area contributed by atoms with Crippen LogP contribution >= 0.6 is 0 Å². The molecule has 0 aliphatic carbocycles. The number of hydrogen-bond acceptors (Lipinski definition) is 2. The SMILES string of the molecule is CC1=C(N)N=CC(C(F)(F)F)C1. The second-order valence-corrected chi connectivity index (χ2v) is 2.80. The normalized spacial score (nSPS) is 24.8. The summed E-state index contributed by atoms with van der Waals surface area (Å²) in [4.78, 5) is 3.47. The van der Waals surface area contributed by atoms with Crippen molar-refractivity contribution in [3.8, 4) is 0 Å². The van der Waals surface area contributed by atoms with E-state index in [4.69, 9.17) is 5.73 Å². The molecule has 1 unspecified atom stereocenters. The molecule has 2 N–H and O–H groups in total. The molecule has 0 radical (unpaired) electrons. The first-order valence-electron chi connectivity index (χ1n) is 3.47. The third kappa shape index (κ3) is 1.78. The Bertz CT molecular complexity index is 240. The van der Waals surface area contributed by atoms with Gasteiger partial charge in [-0.25, -0.2) is 4.99 Å². The van der Waals surface area contributed by atoms with E-state index >= 15 is 0 Å². The molecule has 5 heteroatoms. The summed E-state index contributed by atoms with van der Waals surface area (Å²) in [7, 11) is 0. The number of rotatable bonds is 0. The lowest BCUT2D eigenvalue weighted by molar-refractivity contribution is -0.154. The van der Waals surface area contributed by atoms with Crippen LogP contribution in [0.4, 0.5) is 13.2 Å². The fourth-order valence-corrected chi connectivity index (χ4v) is 0.968. The molecule has 12 heavy (non-hydrogen) atoms. The molecule has 1 aliphatic rings. The highest BCUT2D eigenvalue weighted by atomic mass is 19.4. The number of hydrogen-bond donors (Lipinski definition) is 1. The number of nitrogens with zero attached hydrogens (tertiary/aromatic N) is 1. The molecule has 0 saturated carbocycles. The van der Waals surface area contributed by atoms with Gasteiger partial charge < -0.3 is 5.73 Å². The van der Waals surface area contributed by atoms with Gasteiger partial charge in [0.25, 0.3) is 0 Å². The summed E-state index contributed by atoms with van der Waals surface area (Å²) in [6.45, 7) is 1.56. The van der Waals surface area contributed by atoms with Gasteiger partial charge in [-0.1, -0.05) is 0 Å². The highest BCUT2D eigenvalue weighted by molar-refractivity contribution is 5.65. The highest BCUT2D eigenvalue weighted by Crippen LogP contribution is 2.32. The fraction of sp³-hybridized carbons (Fsp3) is 0.571. The average Bonchev–Trinajstić information content (AvgIpc) is 1.92. The third-order valence-corrected chi connectivity index (χ3v) is 1.78. The maximum Gasteiger partial charge on any atom is 0.396 e. The number of aliphatic imine (C=N–C) groups is 1. The van der Waals surface area contributed by atoms with Crippen molar-refractivity contribution in [3.63, 3.8) is 0 Å². The molecule has 1 atom stereocenters. The molecule has 0 spiro atoms. The molecular formula is C7H9F3N2. The van der Waals surface area contributed by atoms with Crippen molar-refractivity contribution in [1.29, 1.82) is 0 Å². The first-order valence-corrected chi connectivity index (χ1v) is 3.47. The van der Waals surface area contributed by atoms with Crippen molar-refractivity contribution in [2.24, 2.45) is 16.6 Å². The van der Waals surface area contributed by atoms with Crippen molar-refractivity contribution in [2.75, 3.05) is 0 Å². The van der Waals surface area contributed by atoms with Gasteiger partial charge >= 0.3 is 6.18 Å². The summed E-state index contributed by atoms with van der Waals surface area (Å²) >= 11 is 0. The van der Waals surface area contributed by atoms with Crippen molar-refractivity contribution in [3.05, 3.63) is 11.4 Å². The molecule has 1 rings (SSSR count). The van der Waals surface area contributed by atoms with Crippen LogP contribution < -0.4 is 5.73 Å². The number of nitrogens with two attached hydrogens (primary N) is 1. The van der Waals surface area contributed by atoms with Crippen molar-refractivity contribution in [2.45, 2.75) is 19.5 Å². The molecule has 0 aromatic rings. The zero-order chi connectivity index (χ0) is 9.35. The molecule has 0 fully saturated rings. The van der Waals surface area contributed by atoms with E-state index in [1.54, 1.807) is 6.92 Å². The fourth-order valence-electron chi connectivity index (χ4n) is 0.968. The van der Waals surface area contributed by atoms with Crippen LogP contribution in [0.2, 0.25) is 0 Å². The first-order chi connectivity index (χ1) is 5.41. The second kappa shape index (κ2) is 2.80. The number of halogens is 3. The topological polar surface area (TPSA) is 38.4 Å². The van der Waals surface area contributed by atoms with Gasteiger partial charge in [0.15, 0.2) is 0 Å². The van der Waals surface area contributed by atoms with E-state index in [0.717, 1.165) is 6.21 Å². The number of alkyl halides is 3. The minimum Gasteiger partial charge on any atom is -0.384 e. The summed E-state index contributed by atoms with van der Waals surface area (Å²) < 4.78 is 36.3. The lowest BCUT2D eigenvalue weighted by Crippen LogP contribution is -2.27. The Morgan fingerprint density at radius 3 is 2.58 bits per heavy atom. The Hall–Kier alpha value is -1.00. The van der Waals surface area contributed by atoms with Crippen LogP contribution in [0.1, 0.15) is 13.3 Å². The van der Waals surface area contributed by atoms with Gasteiger partial charge in [-0.15, -0.1) is 0 Å². The van der Waals surface area contributed by atoms with Crippen molar-refractivity contribution >= 4 is 6.21 Å². The van der Waals surface area contributed by atoms with Crippen molar-refractivity contribution in [1.82, 2.24) is 0 Å². The Balaban J connectivity index is 2.76. The maximum atomic E-state index is 12.1. The predicted molar refractivity (Wildman–Crippen MR) is 39.5 cm³/mol. The summed E-state index contributed by atoms with van der Waals surface area (Å²) in [5.41, 5.74) is 5.80.